The molecule has 0 aliphatic rings. The van der Waals surface area contributed by atoms with Crippen LogP contribution in [0.2, 0.25) is 10.0 Å². The number of carbonyl (C=O) groups excluding carboxylic acids is 2. The molecule has 0 spiro atoms. The first-order valence-corrected chi connectivity index (χ1v) is 7.47. The van der Waals surface area contributed by atoms with Crippen molar-refractivity contribution in [2.45, 2.75) is 24.3 Å². The van der Waals surface area contributed by atoms with E-state index in [4.69, 9.17) is 23.2 Å². The van der Waals surface area contributed by atoms with E-state index in [0.29, 0.717) is 14.9 Å². The Hall–Kier alpha value is -0.910. The summed E-state index contributed by atoms with van der Waals surface area (Å²) in [6.45, 7) is 3.15. The van der Waals surface area contributed by atoms with Gasteiger partial charge in [0.1, 0.15) is 5.54 Å². The van der Waals surface area contributed by atoms with Crippen LogP contribution in [0.3, 0.4) is 0 Å². The molecule has 1 aromatic rings. The molecule has 0 saturated heterocycles. The van der Waals surface area contributed by atoms with Crippen LogP contribution in [0.15, 0.2) is 23.1 Å². The van der Waals surface area contributed by atoms with Gasteiger partial charge < -0.3 is 10.1 Å². The maximum atomic E-state index is 11.8. The molecule has 1 N–H and O–H groups in total. The van der Waals surface area contributed by atoms with Crippen LogP contribution < -0.4 is 5.32 Å². The molecule has 0 aromatic heterocycles. The number of nitrogens with one attached hydrogen (secondary N) is 1. The highest BCUT2D eigenvalue weighted by atomic mass is 35.5. The molecule has 1 amide bonds. The number of carbonyl (C=O) groups is 2. The fraction of sp³-hybridized carbons (Fsp3) is 0.385. The molecule has 0 saturated carbocycles. The fourth-order valence-corrected chi connectivity index (χ4v) is 2.71. The van der Waals surface area contributed by atoms with Gasteiger partial charge in [-0.15, -0.1) is 11.8 Å². The molecule has 7 heteroatoms. The maximum Gasteiger partial charge on any atom is 0.330 e. The van der Waals surface area contributed by atoms with Crippen LogP contribution in [0.4, 0.5) is 0 Å². The standard InChI is InChI=1S/C13H15Cl2NO3S/c1-13(2,12(18)19-3)16-11(17)7-20-10-6-8(14)4-5-9(10)15/h4-6H,7H2,1-3H3,(H,16,17). The highest BCUT2D eigenvalue weighted by Gasteiger charge is 2.30. The molecule has 0 atom stereocenters. The molecule has 0 fully saturated rings. The first-order chi connectivity index (χ1) is 9.26. The number of benzene rings is 1. The van der Waals surface area contributed by atoms with Crippen molar-refractivity contribution in [3.63, 3.8) is 0 Å². The number of hydrogen-bond donors (Lipinski definition) is 1. The summed E-state index contributed by atoms with van der Waals surface area (Å²) < 4.78 is 4.61. The van der Waals surface area contributed by atoms with E-state index in [1.165, 1.54) is 18.9 Å². The minimum absolute atomic E-state index is 0.125. The Kier molecular flexibility index (Phi) is 6.17. The van der Waals surface area contributed by atoms with Gasteiger partial charge in [-0.25, -0.2) is 4.79 Å². The van der Waals surface area contributed by atoms with Gasteiger partial charge >= 0.3 is 5.97 Å². The number of hydrogen-bond acceptors (Lipinski definition) is 4. The summed E-state index contributed by atoms with van der Waals surface area (Å²) >= 11 is 13.1. The second kappa shape index (κ2) is 7.20. The lowest BCUT2D eigenvalue weighted by Gasteiger charge is -2.22. The van der Waals surface area contributed by atoms with E-state index in [-0.39, 0.29) is 11.7 Å². The van der Waals surface area contributed by atoms with E-state index in [1.54, 1.807) is 32.0 Å². The van der Waals surface area contributed by atoms with Crippen molar-refractivity contribution < 1.29 is 14.3 Å². The van der Waals surface area contributed by atoms with Gasteiger partial charge in [0.25, 0.3) is 0 Å². The summed E-state index contributed by atoms with van der Waals surface area (Å²) in [4.78, 5) is 24.0. The summed E-state index contributed by atoms with van der Waals surface area (Å²) in [5, 5.41) is 3.68. The smallest absolute Gasteiger partial charge is 0.330 e. The number of halogens is 2. The third kappa shape index (κ3) is 4.89. The lowest BCUT2D eigenvalue weighted by molar-refractivity contribution is -0.149. The van der Waals surface area contributed by atoms with Gasteiger partial charge in [0.15, 0.2) is 0 Å². The lowest BCUT2D eigenvalue weighted by atomic mass is 10.1. The molecular formula is C13H15Cl2NO3S. The van der Waals surface area contributed by atoms with Crippen molar-refractivity contribution in [1.29, 1.82) is 0 Å². The zero-order valence-corrected chi connectivity index (χ0v) is 13.7. The van der Waals surface area contributed by atoms with Crippen LogP contribution in [0.1, 0.15) is 13.8 Å². The van der Waals surface area contributed by atoms with E-state index >= 15 is 0 Å². The fourth-order valence-electron chi connectivity index (χ4n) is 1.42. The predicted octanol–water partition coefficient (Wildman–Crippen LogP) is 3.15. The van der Waals surface area contributed by atoms with E-state index in [1.807, 2.05) is 0 Å². The van der Waals surface area contributed by atoms with Crippen molar-refractivity contribution >= 4 is 46.8 Å². The molecule has 0 radical (unpaired) electrons. The number of methoxy groups -OCH3 is 1. The molecule has 0 aliphatic carbocycles. The highest BCUT2D eigenvalue weighted by Crippen LogP contribution is 2.29. The zero-order valence-electron chi connectivity index (χ0n) is 11.3. The minimum atomic E-state index is -1.06. The number of rotatable bonds is 5. The van der Waals surface area contributed by atoms with E-state index in [2.05, 4.69) is 10.1 Å². The van der Waals surface area contributed by atoms with Crippen LogP contribution in [0.5, 0.6) is 0 Å². The largest absolute Gasteiger partial charge is 0.467 e. The molecule has 20 heavy (non-hydrogen) atoms. The molecular weight excluding hydrogens is 321 g/mol. The average molecular weight is 336 g/mol. The van der Waals surface area contributed by atoms with Gasteiger partial charge in [0.2, 0.25) is 5.91 Å². The maximum absolute atomic E-state index is 11.8. The van der Waals surface area contributed by atoms with Crippen LogP contribution in [0.25, 0.3) is 0 Å². The van der Waals surface area contributed by atoms with Gasteiger partial charge in [0, 0.05) is 9.92 Å². The molecule has 1 aromatic carbocycles. The van der Waals surface area contributed by atoms with E-state index < -0.39 is 11.5 Å². The zero-order chi connectivity index (χ0) is 15.3. The quantitative estimate of drug-likeness (QED) is 0.663. The molecule has 0 aliphatic heterocycles. The summed E-state index contributed by atoms with van der Waals surface area (Å²) in [6.07, 6.45) is 0. The Bertz CT molecular complexity index is 520. The summed E-state index contributed by atoms with van der Waals surface area (Å²) in [5.74, 6) is -0.668. The number of esters is 1. The summed E-state index contributed by atoms with van der Waals surface area (Å²) in [6, 6.07) is 5.03. The molecule has 1 rings (SSSR count). The Morgan fingerprint density at radius 1 is 1.35 bits per heavy atom. The minimum Gasteiger partial charge on any atom is -0.467 e. The topological polar surface area (TPSA) is 55.4 Å². The van der Waals surface area contributed by atoms with Crippen LogP contribution >= 0.6 is 35.0 Å². The second-order valence-corrected chi connectivity index (χ2v) is 6.39. The normalized spacial score (nSPS) is 11.1. The Balaban J connectivity index is 2.60. The van der Waals surface area contributed by atoms with Crippen molar-refractivity contribution in [2.75, 3.05) is 12.9 Å². The predicted molar refractivity (Wildman–Crippen MR) is 81.4 cm³/mol. The number of thioether (sulfide) groups is 1. The number of amides is 1. The summed E-state index contributed by atoms with van der Waals surface area (Å²) in [5.41, 5.74) is -1.06. The van der Waals surface area contributed by atoms with Crippen molar-refractivity contribution in [1.82, 2.24) is 5.32 Å². The van der Waals surface area contributed by atoms with Crippen LogP contribution in [0, 0.1) is 0 Å². The first-order valence-electron chi connectivity index (χ1n) is 5.73. The molecule has 0 heterocycles. The van der Waals surface area contributed by atoms with Crippen LogP contribution in [-0.2, 0) is 14.3 Å². The molecule has 0 unspecified atom stereocenters. The van der Waals surface area contributed by atoms with Gasteiger partial charge in [-0.05, 0) is 32.0 Å². The first kappa shape index (κ1) is 17.1. The second-order valence-electron chi connectivity index (χ2n) is 4.53. The molecule has 4 nitrogen and oxygen atoms in total. The van der Waals surface area contributed by atoms with Gasteiger partial charge in [-0.3, -0.25) is 4.79 Å². The van der Waals surface area contributed by atoms with Gasteiger partial charge in [-0.2, -0.15) is 0 Å². The molecule has 110 valence electrons. The Morgan fingerprint density at radius 2 is 2.00 bits per heavy atom. The highest BCUT2D eigenvalue weighted by molar-refractivity contribution is 8.00. The van der Waals surface area contributed by atoms with Crippen LogP contribution in [-0.4, -0.2) is 30.3 Å². The van der Waals surface area contributed by atoms with E-state index in [0.717, 1.165) is 0 Å². The Morgan fingerprint density at radius 3 is 2.60 bits per heavy atom. The van der Waals surface area contributed by atoms with Gasteiger partial charge in [-0.1, -0.05) is 23.2 Å². The lowest BCUT2D eigenvalue weighted by Crippen LogP contribution is -2.50. The van der Waals surface area contributed by atoms with Gasteiger partial charge in [0.05, 0.1) is 17.9 Å². The van der Waals surface area contributed by atoms with E-state index in [9.17, 15) is 9.59 Å². The SMILES string of the molecule is COC(=O)C(C)(C)NC(=O)CSc1cc(Cl)ccc1Cl. The van der Waals surface area contributed by atoms with Crippen molar-refractivity contribution in [3.8, 4) is 0 Å². The monoisotopic (exact) mass is 335 g/mol. The Labute approximate surface area is 132 Å². The van der Waals surface area contributed by atoms with Crippen molar-refractivity contribution in [2.24, 2.45) is 0 Å². The third-order valence-electron chi connectivity index (χ3n) is 2.40. The van der Waals surface area contributed by atoms with Crippen molar-refractivity contribution in [3.05, 3.63) is 28.2 Å². The average Bonchev–Trinajstić information content (AvgIpc) is 2.38. The molecule has 0 bridgehead atoms. The third-order valence-corrected chi connectivity index (χ3v) is 4.13. The number of ether oxygens (including phenoxy) is 1. The summed E-state index contributed by atoms with van der Waals surface area (Å²) in [7, 11) is 1.27.